The first kappa shape index (κ1) is 8.28. The topological polar surface area (TPSA) is 19.9 Å². The van der Waals surface area contributed by atoms with Gasteiger partial charge in [-0.25, -0.2) is 5.11 Å². The number of halogens is 2. The van der Waals surface area contributed by atoms with Crippen LogP contribution in [-0.4, -0.2) is 6.61 Å². The molecule has 1 radical (unpaired) electrons. The molecule has 0 spiro atoms. The minimum atomic E-state index is -0.0580. The van der Waals surface area contributed by atoms with Gasteiger partial charge in [0.05, 0.1) is 6.61 Å². The molecule has 0 aliphatic rings. The van der Waals surface area contributed by atoms with E-state index >= 15 is 0 Å². The van der Waals surface area contributed by atoms with Crippen molar-refractivity contribution >= 4 is 23.2 Å². The molecule has 47 valence electrons. The van der Waals surface area contributed by atoms with E-state index in [1.807, 2.05) is 0 Å². The largest absolute Gasteiger partial charge is 0.237 e. The van der Waals surface area contributed by atoms with Crippen LogP contribution in [0.25, 0.3) is 0 Å². The first-order valence-electron chi connectivity index (χ1n) is 2.36. The summed E-state index contributed by atoms with van der Waals surface area (Å²) in [6, 6.07) is 0. The van der Waals surface area contributed by atoms with Gasteiger partial charge in [-0.1, -0.05) is 29.3 Å². The van der Waals surface area contributed by atoms with Crippen molar-refractivity contribution in [1.29, 1.82) is 0 Å². The molecule has 0 aromatic rings. The molecule has 0 aromatic heterocycles. The Bertz CT molecular complexity index is 76.5. The van der Waals surface area contributed by atoms with E-state index in [1.165, 1.54) is 0 Å². The Balaban J connectivity index is 3.03. The van der Waals surface area contributed by atoms with Crippen LogP contribution in [0, 0.1) is 0 Å². The molecule has 0 aliphatic carbocycles. The second-order valence-electron chi connectivity index (χ2n) is 1.34. The maximum absolute atomic E-state index is 9.80. The summed E-state index contributed by atoms with van der Waals surface area (Å²) in [6.07, 6.45) is 2.93. The second-order valence-corrected chi connectivity index (χ2v) is 2.35. The Morgan fingerprint density at radius 2 is 2.12 bits per heavy atom. The lowest BCUT2D eigenvalue weighted by atomic mass is 10.3. The zero-order chi connectivity index (χ0) is 6.41. The number of unbranched alkanes of at least 4 members (excludes halogenated alkanes) is 1. The van der Waals surface area contributed by atoms with Crippen molar-refractivity contribution in [3.05, 3.63) is 10.6 Å². The maximum atomic E-state index is 9.80. The van der Waals surface area contributed by atoms with Crippen molar-refractivity contribution in [2.75, 3.05) is 6.61 Å². The molecule has 1 nitrogen and oxygen atoms in total. The summed E-state index contributed by atoms with van der Waals surface area (Å²) in [7, 11) is 0. The van der Waals surface area contributed by atoms with Crippen molar-refractivity contribution in [2.45, 2.75) is 12.8 Å². The fourth-order valence-electron chi connectivity index (χ4n) is 0.295. The zero-order valence-corrected chi connectivity index (χ0v) is 5.87. The molecule has 0 saturated heterocycles. The standard InChI is InChI=1S/C5H7Cl2O/c6-5(7)3-1-2-4-8/h3H,1-2,4H2. The first-order chi connectivity index (χ1) is 3.77. The van der Waals surface area contributed by atoms with Crippen molar-refractivity contribution < 1.29 is 5.11 Å². The lowest BCUT2D eigenvalue weighted by Gasteiger charge is -1.84. The molecule has 0 atom stereocenters. The predicted molar refractivity (Wildman–Crippen MR) is 34.6 cm³/mol. The summed E-state index contributed by atoms with van der Waals surface area (Å²) in [6.45, 7) is -0.0580. The van der Waals surface area contributed by atoms with Crippen LogP contribution < -0.4 is 0 Å². The van der Waals surface area contributed by atoms with Gasteiger partial charge in [-0.2, -0.15) is 0 Å². The molecule has 3 heteroatoms. The monoisotopic (exact) mass is 153 g/mol. The lowest BCUT2D eigenvalue weighted by molar-refractivity contribution is 0.190. The molecule has 0 aliphatic heterocycles. The van der Waals surface area contributed by atoms with Gasteiger partial charge < -0.3 is 0 Å². The molecule has 0 amide bonds. The molecule has 0 saturated carbocycles. The summed E-state index contributed by atoms with van der Waals surface area (Å²) in [5.41, 5.74) is 0. The van der Waals surface area contributed by atoms with E-state index in [4.69, 9.17) is 23.2 Å². The van der Waals surface area contributed by atoms with Gasteiger partial charge in [0, 0.05) is 0 Å². The molecule has 0 N–H and O–H groups in total. The highest BCUT2D eigenvalue weighted by Crippen LogP contribution is 2.07. The highest BCUT2D eigenvalue weighted by molar-refractivity contribution is 6.55. The van der Waals surface area contributed by atoms with E-state index in [-0.39, 0.29) is 11.1 Å². The Morgan fingerprint density at radius 3 is 2.50 bits per heavy atom. The average Bonchev–Trinajstić information content (AvgIpc) is 1.66. The van der Waals surface area contributed by atoms with Crippen molar-refractivity contribution in [3.63, 3.8) is 0 Å². The van der Waals surface area contributed by atoms with Crippen LogP contribution in [0.1, 0.15) is 12.8 Å². The summed E-state index contributed by atoms with van der Waals surface area (Å²) in [4.78, 5) is 0. The third kappa shape index (κ3) is 6.28. The van der Waals surface area contributed by atoms with Crippen LogP contribution in [0.4, 0.5) is 0 Å². The quantitative estimate of drug-likeness (QED) is 0.556. The fraction of sp³-hybridized carbons (Fsp3) is 0.600. The summed E-state index contributed by atoms with van der Waals surface area (Å²) in [5, 5.41) is 9.80. The minimum absolute atomic E-state index is 0.0580. The van der Waals surface area contributed by atoms with Crippen LogP contribution in [0.15, 0.2) is 10.6 Å². The van der Waals surface area contributed by atoms with Crippen LogP contribution in [0.2, 0.25) is 0 Å². The van der Waals surface area contributed by atoms with Crippen molar-refractivity contribution in [2.24, 2.45) is 0 Å². The number of allylic oxidation sites excluding steroid dienone is 1. The van der Waals surface area contributed by atoms with E-state index in [9.17, 15) is 5.11 Å². The SMILES string of the molecule is [O]CCCC=C(Cl)Cl. The Labute approximate surface area is 58.9 Å². The Morgan fingerprint density at radius 1 is 1.50 bits per heavy atom. The molecule has 0 rings (SSSR count). The van der Waals surface area contributed by atoms with Gasteiger partial charge in [-0.15, -0.1) is 0 Å². The van der Waals surface area contributed by atoms with Gasteiger partial charge in [-0.05, 0) is 12.8 Å². The first-order valence-corrected chi connectivity index (χ1v) is 3.12. The smallest absolute Gasteiger partial charge is 0.102 e. The maximum Gasteiger partial charge on any atom is 0.102 e. The normalized spacial score (nSPS) is 8.88. The van der Waals surface area contributed by atoms with Gasteiger partial charge in [-0.3, -0.25) is 0 Å². The molecule has 0 unspecified atom stereocenters. The third-order valence-electron chi connectivity index (χ3n) is 0.647. The van der Waals surface area contributed by atoms with E-state index < -0.39 is 0 Å². The van der Waals surface area contributed by atoms with Gasteiger partial charge in [0.2, 0.25) is 0 Å². The van der Waals surface area contributed by atoms with Crippen molar-refractivity contribution in [1.82, 2.24) is 0 Å². The molecule has 8 heavy (non-hydrogen) atoms. The Kier molecular flexibility index (Phi) is 5.61. The summed E-state index contributed by atoms with van der Waals surface area (Å²) in [5.74, 6) is 0. The van der Waals surface area contributed by atoms with E-state index in [0.717, 1.165) is 0 Å². The summed E-state index contributed by atoms with van der Waals surface area (Å²) >= 11 is 10.5. The molecule has 0 fully saturated rings. The minimum Gasteiger partial charge on any atom is -0.237 e. The zero-order valence-electron chi connectivity index (χ0n) is 4.36. The van der Waals surface area contributed by atoms with Gasteiger partial charge >= 0.3 is 0 Å². The lowest BCUT2D eigenvalue weighted by Crippen LogP contribution is -1.75. The van der Waals surface area contributed by atoms with Crippen LogP contribution in [0.5, 0.6) is 0 Å². The van der Waals surface area contributed by atoms with E-state index in [0.29, 0.717) is 12.8 Å². The molecular formula is C5H7Cl2O. The molecule has 0 bridgehead atoms. The van der Waals surface area contributed by atoms with Crippen LogP contribution in [-0.2, 0) is 5.11 Å². The van der Waals surface area contributed by atoms with Crippen LogP contribution >= 0.6 is 23.2 Å². The van der Waals surface area contributed by atoms with Gasteiger partial charge in [0.15, 0.2) is 0 Å². The Hall–Kier alpha value is 0.280. The highest BCUT2D eigenvalue weighted by Gasteiger charge is 1.83. The number of hydrogen-bond acceptors (Lipinski definition) is 0. The molecule has 0 heterocycles. The highest BCUT2D eigenvalue weighted by atomic mass is 35.5. The predicted octanol–water partition coefficient (Wildman–Crippen LogP) is 2.52. The van der Waals surface area contributed by atoms with Crippen LogP contribution in [0.3, 0.4) is 0 Å². The number of rotatable bonds is 3. The fourth-order valence-corrected chi connectivity index (χ4v) is 0.513. The van der Waals surface area contributed by atoms with Crippen molar-refractivity contribution in [3.8, 4) is 0 Å². The molecular weight excluding hydrogens is 147 g/mol. The third-order valence-corrected chi connectivity index (χ3v) is 0.956. The summed E-state index contributed by atoms with van der Waals surface area (Å²) < 4.78 is 0.249. The van der Waals surface area contributed by atoms with E-state index in [2.05, 4.69) is 0 Å². The number of hydrogen-bond donors (Lipinski definition) is 0. The second kappa shape index (κ2) is 5.42. The van der Waals surface area contributed by atoms with Gasteiger partial charge in [0.25, 0.3) is 0 Å². The van der Waals surface area contributed by atoms with E-state index in [1.54, 1.807) is 6.08 Å². The average molecular weight is 154 g/mol. The van der Waals surface area contributed by atoms with Gasteiger partial charge in [0.1, 0.15) is 4.49 Å². The molecule has 0 aromatic carbocycles.